The molecule has 0 aromatic heterocycles. The first kappa shape index (κ1) is 14.3. The molecule has 3 atom stereocenters. The Morgan fingerprint density at radius 2 is 1.90 bits per heavy atom. The quantitative estimate of drug-likeness (QED) is 0.798. The Bertz CT molecular complexity index is 355. The van der Waals surface area contributed by atoms with E-state index >= 15 is 0 Å². The van der Waals surface area contributed by atoms with Crippen molar-refractivity contribution in [2.24, 2.45) is 11.7 Å². The lowest BCUT2D eigenvalue weighted by Gasteiger charge is -2.34. The van der Waals surface area contributed by atoms with Crippen molar-refractivity contribution in [1.82, 2.24) is 9.80 Å². The summed E-state index contributed by atoms with van der Waals surface area (Å²) in [6, 6.07) is 0.922. The number of likely N-dealkylation sites (tertiary alicyclic amines) is 2. The van der Waals surface area contributed by atoms with Crippen molar-refractivity contribution in [1.29, 1.82) is 0 Å². The highest BCUT2D eigenvalue weighted by molar-refractivity contribution is 5.80. The molecule has 0 spiro atoms. The van der Waals surface area contributed by atoms with Crippen LogP contribution in [0.3, 0.4) is 0 Å². The number of rotatable bonds is 2. The zero-order valence-corrected chi connectivity index (χ0v) is 12.5. The number of piperidine rings is 1. The third kappa shape index (κ3) is 2.85. The Balaban J connectivity index is 1.52. The Kier molecular flexibility index (Phi) is 4.29. The van der Waals surface area contributed by atoms with Crippen LogP contribution in [0.25, 0.3) is 0 Å². The normalized spacial score (nSPS) is 36.7. The van der Waals surface area contributed by atoms with Gasteiger partial charge in [0.05, 0.1) is 12.0 Å². The molecule has 0 bridgehead atoms. The van der Waals surface area contributed by atoms with E-state index in [2.05, 4.69) is 9.80 Å². The van der Waals surface area contributed by atoms with E-state index in [0.717, 1.165) is 58.5 Å². The lowest BCUT2D eigenvalue weighted by molar-refractivity contribution is -0.136. The van der Waals surface area contributed by atoms with Crippen molar-refractivity contribution in [2.45, 2.75) is 50.8 Å². The summed E-state index contributed by atoms with van der Waals surface area (Å²) in [5.74, 6) is 0.398. The number of hydrogen-bond donors (Lipinski definition) is 1. The zero-order valence-electron chi connectivity index (χ0n) is 12.5. The molecule has 0 aromatic rings. The lowest BCUT2D eigenvalue weighted by Crippen LogP contribution is -2.47. The minimum Gasteiger partial charge on any atom is -0.378 e. The molecular weight excluding hydrogens is 254 g/mol. The fourth-order valence-corrected chi connectivity index (χ4v) is 3.82. The summed E-state index contributed by atoms with van der Waals surface area (Å²) in [6.07, 6.45) is 4.29. The minimum atomic E-state index is 0.0866. The van der Waals surface area contributed by atoms with Crippen LogP contribution in [-0.2, 0) is 9.53 Å². The van der Waals surface area contributed by atoms with Crippen molar-refractivity contribution in [3.63, 3.8) is 0 Å². The molecule has 3 aliphatic heterocycles. The van der Waals surface area contributed by atoms with Crippen LogP contribution < -0.4 is 5.73 Å². The van der Waals surface area contributed by atoms with E-state index in [1.807, 2.05) is 6.92 Å². The average molecular weight is 281 g/mol. The first-order valence-electron chi connectivity index (χ1n) is 8.05. The first-order chi connectivity index (χ1) is 9.65. The van der Waals surface area contributed by atoms with Gasteiger partial charge in [-0.1, -0.05) is 0 Å². The summed E-state index contributed by atoms with van der Waals surface area (Å²) in [7, 11) is 0. The maximum Gasteiger partial charge on any atom is 0.228 e. The standard InChI is InChI=1S/C15H27N3O2/c1-11-14(5-9-20-11)15(19)18-8-4-13(10-18)17-6-2-12(16)3-7-17/h11-14H,2-10,16H2,1H3. The average Bonchev–Trinajstić information content (AvgIpc) is 3.08. The highest BCUT2D eigenvalue weighted by atomic mass is 16.5. The second-order valence-corrected chi connectivity index (χ2v) is 6.57. The van der Waals surface area contributed by atoms with Gasteiger partial charge in [0, 0.05) is 31.8 Å². The Labute approximate surface area is 121 Å². The van der Waals surface area contributed by atoms with Crippen molar-refractivity contribution in [3.05, 3.63) is 0 Å². The second-order valence-electron chi connectivity index (χ2n) is 6.57. The summed E-state index contributed by atoms with van der Waals surface area (Å²) in [6.45, 7) is 6.76. The Hall–Kier alpha value is -0.650. The third-order valence-corrected chi connectivity index (χ3v) is 5.26. The van der Waals surface area contributed by atoms with Crippen LogP contribution >= 0.6 is 0 Å². The van der Waals surface area contributed by atoms with Gasteiger partial charge in [-0.3, -0.25) is 9.69 Å². The molecule has 0 saturated carbocycles. The minimum absolute atomic E-state index is 0.0866. The number of carbonyl (C=O) groups excluding carboxylic acids is 1. The maximum atomic E-state index is 12.5. The predicted molar refractivity (Wildman–Crippen MR) is 77.3 cm³/mol. The molecule has 3 heterocycles. The Morgan fingerprint density at radius 3 is 2.55 bits per heavy atom. The zero-order chi connectivity index (χ0) is 14.1. The summed E-state index contributed by atoms with van der Waals surface area (Å²) in [5, 5.41) is 0. The second kappa shape index (κ2) is 6.00. The smallest absolute Gasteiger partial charge is 0.228 e. The molecule has 2 N–H and O–H groups in total. The highest BCUT2D eigenvalue weighted by Crippen LogP contribution is 2.26. The van der Waals surface area contributed by atoms with Crippen LogP contribution in [0.2, 0.25) is 0 Å². The molecule has 5 nitrogen and oxygen atoms in total. The molecule has 3 saturated heterocycles. The van der Waals surface area contributed by atoms with Crippen molar-refractivity contribution < 1.29 is 9.53 Å². The summed E-state index contributed by atoms with van der Waals surface area (Å²) in [5.41, 5.74) is 5.96. The Morgan fingerprint density at radius 1 is 1.15 bits per heavy atom. The third-order valence-electron chi connectivity index (χ3n) is 5.26. The molecular formula is C15H27N3O2. The van der Waals surface area contributed by atoms with Crippen LogP contribution in [0, 0.1) is 5.92 Å². The SMILES string of the molecule is CC1OCCC1C(=O)N1CCC(N2CCC(N)CC2)C1. The summed E-state index contributed by atoms with van der Waals surface area (Å²) >= 11 is 0. The molecule has 1 amide bonds. The van der Waals surface area contributed by atoms with Crippen molar-refractivity contribution >= 4 is 5.91 Å². The van der Waals surface area contributed by atoms with Crippen molar-refractivity contribution in [3.8, 4) is 0 Å². The molecule has 20 heavy (non-hydrogen) atoms. The molecule has 114 valence electrons. The topological polar surface area (TPSA) is 58.8 Å². The first-order valence-corrected chi connectivity index (χ1v) is 8.05. The van der Waals surface area contributed by atoms with Gasteiger partial charge in [0.2, 0.25) is 5.91 Å². The van der Waals surface area contributed by atoms with E-state index in [9.17, 15) is 4.79 Å². The molecule has 0 radical (unpaired) electrons. The van der Waals surface area contributed by atoms with Crippen LogP contribution in [0.15, 0.2) is 0 Å². The molecule has 5 heteroatoms. The summed E-state index contributed by atoms with van der Waals surface area (Å²) < 4.78 is 5.53. The van der Waals surface area contributed by atoms with Crippen LogP contribution in [-0.4, -0.2) is 66.7 Å². The number of nitrogens with two attached hydrogens (primary N) is 1. The number of hydrogen-bond acceptors (Lipinski definition) is 4. The molecule has 0 aliphatic carbocycles. The van der Waals surface area contributed by atoms with Gasteiger partial charge in [-0.05, 0) is 45.7 Å². The number of amides is 1. The molecule has 3 unspecified atom stereocenters. The number of ether oxygens (including phenoxy) is 1. The fourth-order valence-electron chi connectivity index (χ4n) is 3.82. The largest absolute Gasteiger partial charge is 0.378 e. The van der Waals surface area contributed by atoms with Crippen LogP contribution in [0.4, 0.5) is 0 Å². The van der Waals surface area contributed by atoms with E-state index in [4.69, 9.17) is 10.5 Å². The van der Waals surface area contributed by atoms with E-state index < -0.39 is 0 Å². The van der Waals surface area contributed by atoms with Gasteiger partial charge in [-0.25, -0.2) is 0 Å². The van der Waals surface area contributed by atoms with E-state index in [0.29, 0.717) is 18.0 Å². The monoisotopic (exact) mass is 281 g/mol. The van der Waals surface area contributed by atoms with E-state index in [1.54, 1.807) is 0 Å². The van der Waals surface area contributed by atoms with Gasteiger partial charge in [-0.15, -0.1) is 0 Å². The molecule has 0 aromatic carbocycles. The van der Waals surface area contributed by atoms with Gasteiger partial charge >= 0.3 is 0 Å². The predicted octanol–water partition coefficient (Wildman–Crippen LogP) is 0.435. The molecule has 3 aliphatic rings. The van der Waals surface area contributed by atoms with Crippen molar-refractivity contribution in [2.75, 3.05) is 32.8 Å². The summed E-state index contributed by atoms with van der Waals surface area (Å²) in [4.78, 5) is 17.1. The van der Waals surface area contributed by atoms with Crippen LogP contribution in [0.5, 0.6) is 0 Å². The van der Waals surface area contributed by atoms with Gasteiger partial charge in [-0.2, -0.15) is 0 Å². The van der Waals surface area contributed by atoms with Gasteiger partial charge in [0.15, 0.2) is 0 Å². The maximum absolute atomic E-state index is 12.5. The molecule has 3 fully saturated rings. The van der Waals surface area contributed by atoms with Gasteiger partial charge in [0.25, 0.3) is 0 Å². The van der Waals surface area contributed by atoms with Crippen LogP contribution in [0.1, 0.15) is 32.6 Å². The lowest BCUT2D eigenvalue weighted by atomic mass is 10.0. The van der Waals surface area contributed by atoms with E-state index in [1.165, 1.54) is 0 Å². The highest BCUT2D eigenvalue weighted by Gasteiger charge is 2.38. The molecule has 3 rings (SSSR count). The van der Waals surface area contributed by atoms with Gasteiger partial charge in [0.1, 0.15) is 0 Å². The number of nitrogens with zero attached hydrogens (tertiary/aromatic N) is 2. The number of carbonyl (C=O) groups is 1. The fraction of sp³-hybridized carbons (Fsp3) is 0.933. The van der Waals surface area contributed by atoms with E-state index in [-0.39, 0.29) is 12.0 Å². The van der Waals surface area contributed by atoms with Gasteiger partial charge < -0.3 is 15.4 Å².